The molecule has 5 nitrogen and oxygen atoms in total. The van der Waals surface area contributed by atoms with E-state index in [1.54, 1.807) is 6.92 Å². The zero-order chi connectivity index (χ0) is 15.7. The third-order valence-corrected chi connectivity index (χ3v) is 2.83. The summed E-state index contributed by atoms with van der Waals surface area (Å²) in [4.78, 5) is 25.2. The van der Waals surface area contributed by atoms with Gasteiger partial charge in [0.2, 0.25) is 0 Å². The second-order valence-corrected chi connectivity index (χ2v) is 4.35. The van der Waals surface area contributed by atoms with Gasteiger partial charge in [-0.25, -0.2) is 4.39 Å². The number of esters is 1. The van der Waals surface area contributed by atoms with Gasteiger partial charge in [-0.15, -0.1) is 0 Å². The van der Waals surface area contributed by atoms with Crippen LogP contribution in [0.25, 0.3) is 0 Å². The maximum Gasteiger partial charge on any atom is 0.307 e. The van der Waals surface area contributed by atoms with Crippen molar-refractivity contribution in [3.8, 4) is 0 Å². The van der Waals surface area contributed by atoms with Crippen LogP contribution < -0.4 is 0 Å². The topological polar surface area (TPSA) is 55.8 Å². The molecule has 6 heteroatoms. The van der Waals surface area contributed by atoms with Gasteiger partial charge in [-0.05, 0) is 31.2 Å². The predicted octanol–water partition coefficient (Wildman–Crippen LogP) is 1.87. The van der Waals surface area contributed by atoms with Gasteiger partial charge in [0, 0.05) is 25.8 Å². The van der Waals surface area contributed by atoms with Crippen molar-refractivity contribution in [2.24, 2.45) is 0 Å². The fourth-order valence-electron chi connectivity index (χ4n) is 1.75. The molecule has 116 valence electrons. The quantitative estimate of drug-likeness (QED) is 0.687. The molecule has 1 rings (SSSR count). The minimum atomic E-state index is -0.401. The lowest BCUT2D eigenvalue weighted by Gasteiger charge is -2.22. The number of halogens is 1. The Hall–Kier alpha value is -1.95. The highest BCUT2D eigenvalue weighted by molar-refractivity contribution is 5.94. The van der Waals surface area contributed by atoms with Crippen molar-refractivity contribution in [1.82, 2.24) is 4.90 Å². The highest BCUT2D eigenvalue weighted by Crippen LogP contribution is 2.08. The molecule has 0 bridgehead atoms. The first-order valence-electron chi connectivity index (χ1n) is 6.78. The van der Waals surface area contributed by atoms with E-state index < -0.39 is 5.82 Å². The van der Waals surface area contributed by atoms with Gasteiger partial charge in [-0.1, -0.05) is 0 Å². The van der Waals surface area contributed by atoms with Gasteiger partial charge < -0.3 is 14.4 Å². The Morgan fingerprint density at radius 2 is 1.86 bits per heavy atom. The molecule has 1 aromatic carbocycles. The zero-order valence-corrected chi connectivity index (χ0v) is 12.3. The summed E-state index contributed by atoms with van der Waals surface area (Å²) >= 11 is 0. The average Bonchev–Trinajstić information content (AvgIpc) is 2.48. The standard InChI is InChI=1S/C15H20FNO4/c1-3-21-14(18)8-9-17(10-11-20-2)15(19)12-4-6-13(16)7-5-12/h4-7H,3,8-11H2,1-2H3. The minimum Gasteiger partial charge on any atom is -0.466 e. The smallest absolute Gasteiger partial charge is 0.307 e. The number of amides is 1. The summed E-state index contributed by atoms with van der Waals surface area (Å²) < 4.78 is 22.7. The van der Waals surface area contributed by atoms with Crippen LogP contribution in [0, 0.1) is 5.82 Å². The molecule has 0 atom stereocenters. The molecule has 21 heavy (non-hydrogen) atoms. The molecule has 0 heterocycles. The SMILES string of the molecule is CCOC(=O)CCN(CCOC)C(=O)c1ccc(F)cc1. The van der Waals surface area contributed by atoms with Crippen LogP contribution in [0.3, 0.4) is 0 Å². The van der Waals surface area contributed by atoms with E-state index in [1.807, 2.05) is 0 Å². The van der Waals surface area contributed by atoms with E-state index in [1.165, 1.54) is 36.3 Å². The molecule has 0 aromatic heterocycles. The summed E-state index contributed by atoms with van der Waals surface area (Å²) in [6.45, 7) is 2.98. The molecule has 0 saturated heterocycles. The van der Waals surface area contributed by atoms with Crippen LogP contribution in [-0.2, 0) is 14.3 Å². The fourth-order valence-corrected chi connectivity index (χ4v) is 1.75. The van der Waals surface area contributed by atoms with E-state index in [2.05, 4.69) is 0 Å². The van der Waals surface area contributed by atoms with E-state index in [9.17, 15) is 14.0 Å². The molecule has 0 fully saturated rings. The van der Waals surface area contributed by atoms with Gasteiger partial charge in [0.05, 0.1) is 19.6 Å². The number of benzene rings is 1. The summed E-state index contributed by atoms with van der Waals surface area (Å²) in [5.41, 5.74) is 0.372. The number of ether oxygens (including phenoxy) is 2. The van der Waals surface area contributed by atoms with Gasteiger partial charge in [0.25, 0.3) is 5.91 Å². The lowest BCUT2D eigenvalue weighted by Crippen LogP contribution is -2.35. The number of hydrogen-bond donors (Lipinski definition) is 0. The van der Waals surface area contributed by atoms with Crippen molar-refractivity contribution in [1.29, 1.82) is 0 Å². The van der Waals surface area contributed by atoms with Crippen molar-refractivity contribution in [2.75, 3.05) is 33.4 Å². The highest BCUT2D eigenvalue weighted by Gasteiger charge is 2.17. The average molecular weight is 297 g/mol. The molecule has 1 aromatic rings. The summed E-state index contributed by atoms with van der Waals surface area (Å²) in [7, 11) is 1.53. The molecule has 0 N–H and O–H groups in total. The Morgan fingerprint density at radius 1 is 1.19 bits per heavy atom. The molecule has 1 amide bonds. The summed E-state index contributed by atoms with van der Waals surface area (Å²) in [6.07, 6.45) is 0.116. The molecule has 0 aliphatic carbocycles. The number of nitrogens with zero attached hydrogens (tertiary/aromatic N) is 1. The van der Waals surface area contributed by atoms with Gasteiger partial charge >= 0.3 is 5.97 Å². The second kappa shape index (κ2) is 9.07. The predicted molar refractivity (Wildman–Crippen MR) is 75.4 cm³/mol. The van der Waals surface area contributed by atoms with Crippen molar-refractivity contribution >= 4 is 11.9 Å². The molecule has 0 saturated carbocycles. The first kappa shape index (κ1) is 17.1. The number of carbonyl (C=O) groups excluding carboxylic acids is 2. The third-order valence-electron chi connectivity index (χ3n) is 2.83. The maximum absolute atomic E-state index is 12.9. The van der Waals surface area contributed by atoms with E-state index in [0.717, 1.165) is 0 Å². The summed E-state index contributed by atoms with van der Waals surface area (Å²) in [6, 6.07) is 5.30. The van der Waals surface area contributed by atoms with Crippen molar-refractivity contribution in [3.63, 3.8) is 0 Å². The van der Waals surface area contributed by atoms with Crippen LogP contribution >= 0.6 is 0 Å². The Morgan fingerprint density at radius 3 is 2.43 bits per heavy atom. The van der Waals surface area contributed by atoms with Crippen LogP contribution in [0.2, 0.25) is 0 Å². The monoisotopic (exact) mass is 297 g/mol. The van der Waals surface area contributed by atoms with E-state index in [0.29, 0.717) is 25.3 Å². The van der Waals surface area contributed by atoms with Crippen LogP contribution in [0.4, 0.5) is 4.39 Å². The first-order valence-corrected chi connectivity index (χ1v) is 6.78. The van der Waals surface area contributed by atoms with Crippen LogP contribution in [0.1, 0.15) is 23.7 Å². The van der Waals surface area contributed by atoms with Gasteiger partial charge in [0.15, 0.2) is 0 Å². The Bertz CT molecular complexity index is 461. The molecule has 0 aliphatic heterocycles. The van der Waals surface area contributed by atoms with Gasteiger partial charge in [0.1, 0.15) is 5.82 Å². The van der Waals surface area contributed by atoms with Crippen molar-refractivity contribution < 1.29 is 23.5 Å². The Kier molecular flexibility index (Phi) is 7.39. The third kappa shape index (κ3) is 5.91. The van der Waals surface area contributed by atoms with Gasteiger partial charge in [-0.2, -0.15) is 0 Å². The maximum atomic E-state index is 12.9. The van der Waals surface area contributed by atoms with Crippen LogP contribution in [0.15, 0.2) is 24.3 Å². The summed E-state index contributed by atoms with van der Waals surface area (Å²) in [5, 5.41) is 0. The number of methoxy groups -OCH3 is 1. The van der Waals surface area contributed by atoms with Crippen LogP contribution in [0.5, 0.6) is 0 Å². The normalized spacial score (nSPS) is 10.2. The van der Waals surface area contributed by atoms with E-state index >= 15 is 0 Å². The van der Waals surface area contributed by atoms with Crippen molar-refractivity contribution in [3.05, 3.63) is 35.6 Å². The lowest BCUT2D eigenvalue weighted by molar-refractivity contribution is -0.143. The molecule has 0 aliphatic rings. The lowest BCUT2D eigenvalue weighted by atomic mass is 10.2. The molecular weight excluding hydrogens is 277 g/mol. The zero-order valence-electron chi connectivity index (χ0n) is 12.3. The highest BCUT2D eigenvalue weighted by atomic mass is 19.1. The van der Waals surface area contributed by atoms with Gasteiger partial charge in [-0.3, -0.25) is 9.59 Å². The van der Waals surface area contributed by atoms with E-state index in [-0.39, 0.29) is 24.8 Å². The molecule has 0 unspecified atom stereocenters. The minimum absolute atomic E-state index is 0.116. The Labute approximate surface area is 123 Å². The number of rotatable bonds is 8. The fraction of sp³-hybridized carbons (Fsp3) is 0.467. The number of carbonyl (C=O) groups is 2. The Balaban J connectivity index is 2.69. The second-order valence-electron chi connectivity index (χ2n) is 4.35. The van der Waals surface area contributed by atoms with E-state index in [4.69, 9.17) is 9.47 Å². The largest absolute Gasteiger partial charge is 0.466 e. The molecular formula is C15H20FNO4. The van der Waals surface area contributed by atoms with Crippen LogP contribution in [-0.4, -0.2) is 50.2 Å². The molecule has 0 radical (unpaired) electrons. The summed E-state index contributed by atoms with van der Waals surface area (Å²) in [5.74, 6) is -1.02. The number of hydrogen-bond acceptors (Lipinski definition) is 4. The van der Waals surface area contributed by atoms with Crippen molar-refractivity contribution in [2.45, 2.75) is 13.3 Å². The molecule has 0 spiro atoms. The first-order chi connectivity index (χ1) is 10.1.